The fourth-order valence-electron chi connectivity index (χ4n) is 1.31. The van der Waals surface area contributed by atoms with Gasteiger partial charge in [-0.05, 0) is 31.3 Å². The van der Waals surface area contributed by atoms with Crippen molar-refractivity contribution in [2.75, 3.05) is 19.7 Å². The van der Waals surface area contributed by atoms with E-state index >= 15 is 0 Å². The van der Waals surface area contributed by atoms with Gasteiger partial charge in [-0.1, -0.05) is 6.92 Å². The maximum Gasteiger partial charge on any atom is 0.0459 e. The van der Waals surface area contributed by atoms with Crippen molar-refractivity contribution in [3.05, 3.63) is 0 Å². The van der Waals surface area contributed by atoms with Crippen molar-refractivity contribution >= 4 is 0 Å². The Kier molecular flexibility index (Phi) is 2.49. The largest absolute Gasteiger partial charge is 0.396 e. The molecule has 0 aliphatic carbocycles. The van der Waals surface area contributed by atoms with Crippen LogP contribution < -0.4 is 5.32 Å². The molecule has 2 heteroatoms. The van der Waals surface area contributed by atoms with Crippen molar-refractivity contribution in [1.29, 1.82) is 0 Å². The van der Waals surface area contributed by atoms with Crippen LogP contribution in [0.5, 0.6) is 0 Å². The maximum absolute atomic E-state index is 8.77. The summed E-state index contributed by atoms with van der Waals surface area (Å²) in [5.41, 5.74) is 0. The first-order valence-electron chi connectivity index (χ1n) is 3.66. The highest BCUT2D eigenvalue weighted by atomic mass is 16.3. The van der Waals surface area contributed by atoms with Gasteiger partial charge in [0.15, 0.2) is 0 Å². The fraction of sp³-hybridized carbons (Fsp3) is 1.00. The molecule has 0 radical (unpaired) electrons. The summed E-state index contributed by atoms with van der Waals surface area (Å²) in [6.45, 7) is 4.68. The number of aliphatic hydroxyl groups is 1. The highest BCUT2D eigenvalue weighted by Crippen LogP contribution is 2.17. The van der Waals surface area contributed by atoms with Crippen LogP contribution in [-0.2, 0) is 0 Å². The van der Waals surface area contributed by atoms with Gasteiger partial charge in [-0.15, -0.1) is 0 Å². The molecular weight excluding hydrogens is 114 g/mol. The van der Waals surface area contributed by atoms with Gasteiger partial charge >= 0.3 is 0 Å². The molecule has 2 atom stereocenters. The highest BCUT2D eigenvalue weighted by molar-refractivity contribution is 4.74. The van der Waals surface area contributed by atoms with Gasteiger partial charge in [0.25, 0.3) is 0 Å². The van der Waals surface area contributed by atoms with Crippen molar-refractivity contribution in [3.63, 3.8) is 0 Å². The van der Waals surface area contributed by atoms with Gasteiger partial charge in [-0.25, -0.2) is 0 Å². The van der Waals surface area contributed by atoms with Crippen LogP contribution in [0.2, 0.25) is 0 Å². The number of aliphatic hydroxyl groups excluding tert-OH is 1. The third-order valence-corrected chi connectivity index (χ3v) is 2.19. The fourth-order valence-corrected chi connectivity index (χ4v) is 1.31. The van der Waals surface area contributed by atoms with Crippen molar-refractivity contribution in [3.8, 4) is 0 Å². The Morgan fingerprint density at radius 2 is 2.56 bits per heavy atom. The van der Waals surface area contributed by atoms with E-state index in [0.29, 0.717) is 12.5 Å². The topological polar surface area (TPSA) is 32.3 Å². The van der Waals surface area contributed by atoms with Gasteiger partial charge in [-0.2, -0.15) is 0 Å². The Hall–Kier alpha value is -0.0800. The lowest BCUT2D eigenvalue weighted by molar-refractivity contribution is 0.195. The molecule has 0 aromatic carbocycles. The highest BCUT2D eigenvalue weighted by Gasteiger charge is 2.19. The summed E-state index contributed by atoms with van der Waals surface area (Å²) in [6.07, 6.45) is 1.24. The SMILES string of the molecule is CC(CO)[C@@H]1CCNC1. The van der Waals surface area contributed by atoms with Crippen molar-refractivity contribution in [2.45, 2.75) is 13.3 Å². The molecule has 2 nitrogen and oxygen atoms in total. The summed E-state index contributed by atoms with van der Waals surface area (Å²) < 4.78 is 0. The van der Waals surface area contributed by atoms with Crippen LogP contribution in [-0.4, -0.2) is 24.8 Å². The standard InChI is InChI=1S/C7H15NO/c1-6(5-9)7-2-3-8-4-7/h6-9H,2-5H2,1H3/t6?,7-/m1/s1. The minimum atomic E-state index is 0.340. The first-order valence-corrected chi connectivity index (χ1v) is 3.66. The third-order valence-electron chi connectivity index (χ3n) is 2.19. The van der Waals surface area contributed by atoms with E-state index in [1.165, 1.54) is 6.42 Å². The molecule has 1 unspecified atom stereocenters. The molecule has 9 heavy (non-hydrogen) atoms. The van der Waals surface area contributed by atoms with Crippen LogP contribution in [0.3, 0.4) is 0 Å². The quantitative estimate of drug-likeness (QED) is 0.559. The maximum atomic E-state index is 8.77. The first-order chi connectivity index (χ1) is 4.34. The van der Waals surface area contributed by atoms with Gasteiger partial charge in [-0.3, -0.25) is 0 Å². The zero-order valence-corrected chi connectivity index (χ0v) is 5.93. The molecule has 1 fully saturated rings. The molecule has 0 aromatic heterocycles. The van der Waals surface area contributed by atoms with E-state index in [4.69, 9.17) is 5.11 Å². The Balaban J connectivity index is 2.24. The Morgan fingerprint density at radius 1 is 1.78 bits per heavy atom. The minimum Gasteiger partial charge on any atom is -0.396 e. The van der Waals surface area contributed by atoms with Crippen LogP contribution in [0, 0.1) is 11.8 Å². The predicted octanol–water partition coefficient (Wildman–Crippen LogP) is 0.224. The van der Waals surface area contributed by atoms with E-state index < -0.39 is 0 Å². The first kappa shape index (κ1) is 7.03. The second-order valence-corrected chi connectivity index (χ2v) is 2.91. The lowest BCUT2D eigenvalue weighted by Gasteiger charge is -2.13. The lowest BCUT2D eigenvalue weighted by Crippen LogP contribution is -2.17. The second kappa shape index (κ2) is 3.18. The van der Waals surface area contributed by atoms with Crippen molar-refractivity contribution < 1.29 is 5.11 Å². The molecular formula is C7H15NO. The summed E-state index contributed by atoms with van der Waals surface area (Å²) in [7, 11) is 0. The van der Waals surface area contributed by atoms with E-state index in [0.717, 1.165) is 19.0 Å². The van der Waals surface area contributed by atoms with E-state index in [1.807, 2.05) is 0 Å². The van der Waals surface area contributed by atoms with E-state index in [-0.39, 0.29) is 0 Å². The molecule has 54 valence electrons. The van der Waals surface area contributed by atoms with Crippen LogP contribution >= 0.6 is 0 Å². The summed E-state index contributed by atoms with van der Waals surface area (Å²) in [4.78, 5) is 0. The average Bonchev–Trinajstić information content (AvgIpc) is 2.37. The van der Waals surface area contributed by atoms with Crippen LogP contribution in [0.4, 0.5) is 0 Å². The Bertz CT molecular complexity index is 79.0. The van der Waals surface area contributed by atoms with Gasteiger partial charge in [0, 0.05) is 6.61 Å². The number of rotatable bonds is 2. The molecule has 1 aliphatic rings. The summed E-state index contributed by atoms with van der Waals surface area (Å²) >= 11 is 0. The van der Waals surface area contributed by atoms with Crippen LogP contribution in [0.1, 0.15) is 13.3 Å². The summed E-state index contributed by atoms with van der Waals surface area (Å²) in [5.74, 6) is 1.20. The van der Waals surface area contributed by atoms with Gasteiger partial charge in [0.05, 0.1) is 0 Å². The van der Waals surface area contributed by atoms with E-state index in [9.17, 15) is 0 Å². The molecule has 1 heterocycles. The molecule has 1 rings (SSSR count). The molecule has 1 aliphatic heterocycles. The molecule has 0 saturated carbocycles. The molecule has 0 aromatic rings. The smallest absolute Gasteiger partial charge is 0.0459 e. The van der Waals surface area contributed by atoms with Gasteiger partial charge in [0.2, 0.25) is 0 Å². The monoisotopic (exact) mass is 129 g/mol. The number of hydrogen-bond donors (Lipinski definition) is 2. The predicted molar refractivity (Wildman–Crippen MR) is 37.2 cm³/mol. The molecule has 0 bridgehead atoms. The molecule has 0 spiro atoms. The zero-order valence-electron chi connectivity index (χ0n) is 5.93. The molecule has 0 amide bonds. The Labute approximate surface area is 56.3 Å². The lowest BCUT2D eigenvalue weighted by atomic mass is 9.94. The van der Waals surface area contributed by atoms with Crippen molar-refractivity contribution in [2.24, 2.45) is 11.8 Å². The number of hydrogen-bond acceptors (Lipinski definition) is 2. The van der Waals surface area contributed by atoms with Gasteiger partial charge in [0.1, 0.15) is 0 Å². The Morgan fingerprint density at radius 3 is 3.00 bits per heavy atom. The van der Waals surface area contributed by atoms with E-state index in [2.05, 4.69) is 12.2 Å². The minimum absolute atomic E-state index is 0.340. The average molecular weight is 129 g/mol. The van der Waals surface area contributed by atoms with Crippen molar-refractivity contribution in [1.82, 2.24) is 5.32 Å². The van der Waals surface area contributed by atoms with Gasteiger partial charge < -0.3 is 10.4 Å². The number of nitrogens with one attached hydrogen (secondary N) is 1. The summed E-state index contributed by atoms with van der Waals surface area (Å²) in [5, 5.41) is 12.0. The molecule has 2 N–H and O–H groups in total. The third kappa shape index (κ3) is 1.66. The van der Waals surface area contributed by atoms with Crippen LogP contribution in [0.15, 0.2) is 0 Å². The summed E-state index contributed by atoms with van der Waals surface area (Å²) in [6, 6.07) is 0. The normalized spacial score (nSPS) is 30.7. The molecule has 1 saturated heterocycles. The van der Waals surface area contributed by atoms with Crippen LogP contribution in [0.25, 0.3) is 0 Å². The second-order valence-electron chi connectivity index (χ2n) is 2.91. The zero-order chi connectivity index (χ0) is 6.69. The van der Waals surface area contributed by atoms with E-state index in [1.54, 1.807) is 0 Å².